The summed E-state index contributed by atoms with van der Waals surface area (Å²) in [6.07, 6.45) is 5.49. The second kappa shape index (κ2) is 7.20. The van der Waals surface area contributed by atoms with Crippen molar-refractivity contribution in [1.82, 2.24) is 5.32 Å². The Morgan fingerprint density at radius 3 is 2.74 bits per heavy atom. The summed E-state index contributed by atoms with van der Waals surface area (Å²) in [5.74, 6) is 1.01. The highest BCUT2D eigenvalue weighted by atomic mass is 32.2. The molecular weight excluding hydrogens is 254 g/mol. The summed E-state index contributed by atoms with van der Waals surface area (Å²) in [4.78, 5) is 1.39. The van der Waals surface area contributed by atoms with Gasteiger partial charge in [0, 0.05) is 21.8 Å². The van der Waals surface area contributed by atoms with Crippen molar-refractivity contribution < 1.29 is 4.74 Å². The topological polar surface area (TPSA) is 21.3 Å². The number of hydrogen-bond donors (Lipinski definition) is 1. The van der Waals surface area contributed by atoms with E-state index in [1.54, 1.807) is 7.11 Å². The lowest BCUT2D eigenvalue weighted by Crippen LogP contribution is -2.19. The molecule has 0 aliphatic heterocycles. The predicted molar refractivity (Wildman–Crippen MR) is 83.2 cm³/mol. The van der Waals surface area contributed by atoms with E-state index in [0.29, 0.717) is 6.04 Å². The Bertz CT molecular complexity index is 402. The zero-order valence-corrected chi connectivity index (χ0v) is 13.1. The van der Waals surface area contributed by atoms with Crippen molar-refractivity contribution in [3.05, 3.63) is 23.8 Å². The van der Waals surface area contributed by atoms with Gasteiger partial charge in [-0.25, -0.2) is 0 Å². The molecule has 1 aliphatic rings. The van der Waals surface area contributed by atoms with Gasteiger partial charge in [-0.15, -0.1) is 11.8 Å². The quantitative estimate of drug-likeness (QED) is 0.834. The minimum atomic E-state index is 0.338. The molecule has 0 saturated heterocycles. The van der Waals surface area contributed by atoms with Crippen LogP contribution in [0, 0.1) is 0 Å². The molecule has 3 heteroatoms. The van der Waals surface area contributed by atoms with Crippen LogP contribution in [0.5, 0.6) is 5.75 Å². The second-order valence-electron chi connectivity index (χ2n) is 5.18. The highest BCUT2D eigenvalue weighted by Crippen LogP contribution is 2.40. The molecule has 0 amide bonds. The van der Waals surface area contributed by atoms with E-state index in [1.165, 1.54) is 36.1 Å². The van der Waals surface area contributed by atoms with Crippen molar-refractivity contribution in [1.29, 1.82) is 0 Å². The number of thioether (sulfide) groups is 1. The van der Waals surface area contributed by atoms with Gasteiger partial charge in [0.1, 0.15) is 5.75 Å². The SMILES string of the molecule is CCNC(C)c1c(OC)cccc1SC1CCCC1. The molecule has 1 atom stereocenters. The summed E-state index contributed by atoms with van der Waals surface area (Å²) in [5.41, 5.74) is 1.32. The Kier molecular flexibility index (Phi) is 5.59. The molecule has 1 unspecified atom stereocenters. The number of benzene rings is 1. The van der Waals surface area contributed by atoms with E-state index < -0.39 is 0 Å². The maximum Gasteiger partial charge on any atom is 0.124 e. The Hall–Kier alpha value is -0.670. The van der Waals surface area contributed by atoms with Crippen molar-refractivity contribution in [3.8, 4) is 5.75 Å². The van der Waals surface area contributed by atoms with Gasteiger partial charge in [-0.1, -0.05) is 25.8 Å². The van der Waals surface area contributed by atoms with E-state index in [2.05, 4.69) is 37.4 Å². The fraction of sp³-hybridized carbons (Fsp3) is 0.625. The van der Waals surface area contributed by atoms with E-state index >= 15 is 0 Å². The van der Waals surface area contributed by atoms with Crippen molar-refractivity contribution in [3.63, 3.8) is 0 Å². The Morgan fingerprint density at radius 2 is 2.11 bits per heavy atom. The van der Waals surface area contributed by atoms with E-state index in [4.69, 9.17) is 4.74 Å². The van der Waals surface area contributed by atoms with Gasteiger partial charge in [-0.05, 0) is 38.4 Å². The summed E-state index contributed by atoms with van der Waals surface area (Å²) < 4.78 is 5.56. The van der Waals surface area contributed by atoms with Gasteiger partial charge in [-0.3, -0.25) is 0 Å². The highest BCUT2D eigenvalue weighted by molar-refractivity contribution is 8.00. The normalized spacial score (nSPS) is 17.6. The number of nitrogens with one attached hydrogen (secondary N) is 1. The average molecular weight is 279 g/mol. The van der Waals surface area contributed by atoms with Crippen LogP contribution in [-0.4, -0.2) is 18.9 Å². The summed E-state index contributed by atoms with van der Waals surface area (Å²) >= 11 is 2.04. The molecule has 106 valence electrons. The van der Waals surface area contributed by atoms with Gasteiger partial charge in [0.15, 0.2) is 0 Å². The minimum Gasteiger partial charge on any atom is -0.496 e. The van der Waals surface area contributed by atoms with Crippen LogP contribution in [0.4, 0.5) is 0 Å². The highest BCUT2D eigenvalue weighted by Gasteiger charge is 2.21. The first-order valence-corrected chi connectivity index (χ1v) is 8.21. The Morgan fingerprint density at radius 1 is 1.37 bits per heavy atom. The maximum absolute atomic E-state index is 5.56. The molecule has 19 heavy (non-hydrogen) atoms. The smallest absolute Gasteiger partial charge is 0.124 e. The lowest BCUT2D eigenvalue weighted by molar-refractivity contribution is 0.400. The molecule has 0 spiro atoms. The molecule has 1 aromatic carbocycles. The average Bonchev–Trinajstić information content (AvgIpc) is 2.91. The van der Waals surface area contributed by atoms with Crippen LogP contribution in [0.25, 0.3) is 0 Å². The molecule has 0 aromatic heterocycles. The standard InChI is InChI=1S/C16H25NOS/c1-4-17-12(2)16-14(18-3)10-7-11-15(16)19-13-8-5-6-9-13/h7,10-13,17H,4-6,8-9H2,1-3H3. The van der Waals surface area contributed by atoms with Gasteiger partial charge in [0.05, 0.1) is 7.11 Å². The summed E-state index contributed by atoms with van der Waals surface area (Å²) in [6, 6.07) is 6.76. The molecule has 1 aliphatic carbocycles. The van der Waals surface area contributed by atoms with E-state index in [1.807, 2.05) is 11.8 Å². The molecule has 2 rings (SSSR count). The third kappa shape index (κ3) is 3.67. The molecule has 0 heterocycles. The second-order valence-corrected chi connectivity index (χ2v) is 6.52. The van der Waals surface area contributed by atoms with Gasteiger partial charge in [-0.2, -0.15) is 0 Å². The van der Waals surface area contributed by atoms with E-state index in [0.717, 1.165) is 17.5 Å². The molecule has 1 N–H and O–H groups in total. The van der Waals surface area contributed by atoms with Crippen molar-refractivity contribution in [2.24, 2.45) is 0 Å². The number of methoxy groups -OCH3 is 1. The monoisotopic (exact) mass is 279 g/mol. The molecule has 0 radical (unpaired) electrons. The maximum atomic E-state index is 5.56. The first kappa shape index (κ1) is 14.7. The molecule has 1 aromatic rings. The van der Waals surface area contributed by atoms with Gasteiger partial charge >= 0.3 is 0 Å². The van der Waals surface area contributed by atoms with Crippen molar-refractivity contribution >= 4 is 11.8 Å². The third-order valence-electron chi connectivity index (χ3n) is 3.79. The van der Waals surface area contributed by atoms with Gasteiger partial charge in [0.25, 0.3) is 0 Å². The minimum absolute atomic E-state index is 0.338. The molecule has 2 nitrogen and oxygen atoms in total. The van der Waals surface area contributed by atoms with Crippen LogP contribution in [0.2, 0.25) is 0 Å². The van der Waals surface area contributed by atoms with Crippen LogP contribution < -0.4 is 10.1 Å². The largest absolute Gasteiger partial charge is 0.496 e. The van der Waals surface area contributed by atoms with Crippen LogP contribution in [0.3, 0.4) is 0 Å². The number of rotatable bonds is 6. The lowest BCUT2D eigenvalue weighted by Gasteiger charge is -2.21. The summed E-state index contributed by atoms with van der Waals surface area (Å²) in [6.45, 7) is 5.35. The van der Waals surface area contributed by atoms with Crippen molar-refractivity contribution in [2.75, 3.05) is 13.7 Å². The fourth-order valence-electron chi connectivity index (χ4n) is 2.83. The van der Waals surface area contributed by atoms with E-state index in [-0.39, 0.29) is 0 Å². The molecule has 0 bridgehead atoms. The van der Waals surface area contributed by atoms with Crippen LogP contribution in [0.1, 0.15) is 51.1 Å². The molecule has 1 fully saturated rings. The van der Waals surface area contributed by atoms with Crippen LogP contribution in [0.15, 0.2) is 23.1 Å². The fourth-order valence-corrected chi connectivity index (χ4v) is 4.32. The first-order valence-electron chi connectivity index (χ1n) is 7.33. The Labute approximate surface area is 121 Å². The zero-order valence-electron chi connectivity index (χ0n) is 12.2. The van der Waals surface area contributed by atoms with Crippen LogP contribution in [-0.2, 0) is 0 Å². The number of hydrogen-bond acceptors (Lipinski definition) is 3. The van der Waals surface area contributed by atoms with Gasteiger partial charge in [0.2, 0.25) is 0 Å². The predicted octanol–water partition coefficient (Wildman–Crippen LogP) is 4.40. The lowest BCUT2D eigenvalue weighted by atomic mass is 10.1. The molecule has 1 saturated carbocycles. The first-order chi connectivity index (χ1) is 9.26. The van der Waals surface area contributed by atoms with Crippen molar-refractivity contribution in [2.45, 2.75) is 55.7 Å². The van der Waals surface area contributed by atoms with E-state index in [9.17, 15) is 0 Å². The number of ether oxygens (including phenoxy) is 1. The summed E-state index contributed by atoms with van der Waals surface area (Å²) in [5, 5.41) is 4.30. The third-order valence-corrected chi connectivity index (χ3v) is 5.20. The zero-order chi connectivity index (χ0) is 13.7. The summed E-state index contributed by atoms with van der Waals surface area (Å²) in [7, 11) is 1.77. The van der Waals surface area contributed by atoms with Gasteiger partial charge < -0.3 is 10.1 Å². The van der Waals surface area contributed by atoms with Crippen LogP contribution >= 0.6 is 11.8 Å². The Balaban J connectivity index is 2.24. The molecular formula is C16H25NOS.